The van der Waals surface area contributed by atoms with Crippen LogP contribution in [-0.2, 0) is 0 Å². The summed E-state index contributed by atoms with van der Waals surface area (Å²) in [5.41, 5.74) is 1.40. The molecule has 2 nitrogen and oxygen atoms in total. The number of benzene rings is 1. The fraction of sp³-hybridized carbons (Fsp3) is 0.625. The summed E-state index contributed by atoms with van der Waals surface area (Å²) < 4.78 is 5.74. The van der Waals surface area contributed by atoms with E-state index in [0.29, 0.717) is 5.92 Å². The number of nitrogens with zero attached hydrogens (tertiary/aromatic N) is 1. The molecule has 1 heterocycles. The van der Waals surface area contributed by atoms with Crippen molar-refractivity contribution >= 4 is 15.9 Å². The zero-order chi connectivity index (χ0) is 13.2. The Morgan fingerprint density at radius 2 is 2.05 bits per heavy atom. The molecule has 2 aliphatic rings. The average Bonchev–Trinajstić information content (AvgIpc) is 2.37. The first kappa shape index (κ1) is 13.4. The van der Waals surface area contributed by atoms with Gasteiger partial charge in [-0.15, -0.1) is 0 Å². The molecule has 19 heavy (non-hydrogen) atoms. The van der Waals surface area contributed by atoms with Crippen LogP contribution in [0.1, 0.15) is 30.7 Å². The summed E-state index contributed by atoms with van der Waals surface area (Å²) in [5.74, 6) is 2.62. The number of alkyl halides is 1. The molecule has 0 spiro atoms. The van der Waals surface area contributed by atoms with Crippen molar-refractivity contribution in [3.8, 4) is 5.75 Å². The highest BCUT2D eigenvalue weighted by atomic mass is 79.9. The molecule has 3 heteroatoms. The molecule has 0 aromatic heterocycles. The summed E-state index contributed by atoms with van der Waals surface area (Å²) in [4.78, 5) is 3.28. The van der Waals surface area contributed by atoms with E-state index in [1.165, 1.54) is 24.9 Å². The molecule has 1 aromatic carbocycles. The number of halogens is 1. The maximum atomic E-state index is 5.74. The summed E-state index contributed by atoms with van der Waals surface area (Å²) in [6, 6.07) is 8.52. The van der Waals surface area contributed by atoms with Crippen LogP contribution in [0.5, 0.6) is 5.75 Å². The number of likely N-dealkylation sites (N-methyl/N-ethyl adjacent to an activating group) is 1. The summed E-state index contributed by atoms with van der Waals surface area (Å²) in [7, 11) is 2.26. The zero-order valence-electron chi connectivity index (χ0n) is 11.5. The largest absolute Gasteiger partial charge is 0.493 e. The highest BCUT2D eigenvalue weighted by Crippen LogP contribution is 2.36. The number of fused-ring (bicyclic) bond motifs is 1. The molecule has 1 saturated carbocycles. The highest BCUT2D eigenvalue weighted by molar-refractivity contribution is 9.09. The van der Waals surface area contributed by atoms with E-state index in [-0.39, 0.29) is 0 Å². The van der Waals surface area contributed by atoms with E-state index in [1.54, 1.807) is 0 Å². The second-order valence-electron chi connectivity index (χ2n) is 6.03. The molecule has 1 aromatic rings. The summed E-state index contributed by atoms with van der Waals surface area (Å²) in [6.07, 6.45) is 3.83. The number of hydrogen-bond acceptors (Lipinski definition) is 2. The van der Waals surface area contributed by atoms with Gasteiger partial charge in [0.05, 0.1) is 6.61 Å². The predicted octanol–water partition coefficient (Wildman–Crippen LogP) is 3.66. The molecular formula is C16H22BrNO. The second-order valence-corrected chi connectivity index (χ2v) is 7.32. The molecule has 0 amide bonds. The molecule has 1 atom stereocenters. The Hall–Kier alpha value is -0.540. The number of rotatable bonds is 4. The van der Waals surface area contributed by atoms with Crippen molar-refractivity contribution in [2.75, 3.05) is 26.7 Å². The van der Waals surface area contributed by atoms with Crippen molar-refractivity contribution in [3.63, 3.8) is 0 Å². The Balaban J connectivity index is 1.58. The lowest BCUT2D eigenvalue weighted by Gasteiger charge is -2.36. The van der Waals surface area contributed by atoms with Crippen molar-refractivity contribution in [2.45, 2.75) is 30.0 Å². The van der Waals surface area contributed by atoms with Crippen LogP contribution in [-0.4, -0.2) is 36.5 Å². The normalized spacial score (nSPS) is 29.5. The minimum Gasteiger partial charge on any atom is -0.493 e. The van der Waals surface area contributed by atoms with Gasteiger partial charge in [0.1, 0.15) is 5.75 Å². The van der Waals surface area contributed by atoms with E-state index in [0.717, 1.165) is 36.1 Å². The Bertz CT molecular complexity index is 431. The minimum atomic E-state index is 0.634. The first-order chi connectivity index (χ1) is 9.22. The second kappa shape index (κ2) is 5.84. The van der Waals surface area contributed by atoms with Gasteiger partial charge in [-0.2, -0.15) is 0 Å². The lowest BCUT2D eigenvalue weighted by atomic mass is 9.84. The summed E-state index contributed by atoms with van der Waals surface area (Å²) in [6.45, 7) is 3.26. The Morgan fingerprint density at radius 1 is 1.26 bits per heavy atom. The Morgan fingerprint density at radius 3 is 2.84 bits per heavy atom. The molecule has 0 saturated heterocycles. The van der Waals surface area contributed by atoms with Crippen molar-refractivity contribution in [1.29, 1.82) is 0 Å². The van der Waals surface area contributed by atoms with E-state index in [2.05, 4.69) is 52.1 Å². The lowest BCUT2D eigenvalue weighted by Crippen LogP contribution is -2.37. The number of para-hydroxylation sites is 1. The van der Waals surface area contributed by atoms with Gasteiger partial charge in [0.2, 0.25) is 0 Å². The smallest absolute Gasteiger partial charge is 0.122 e. The van der Waals surface area contributed by atoms with Crippen molar-refractivity contribution in [3.05, 3.63) is 29.8 Å². The van der Waals surface area contributed by atoms with Crippen LogP contribution in [0.3, 0.4) is 0 Å². The van der Waals surface area contributed by atoms with Crippen LogP contribution in [0.25, 0.3) is 0 Å². The van der Waals surface area contributed by atoms with Crippen LogP contribution >= 0.6 is 15.9 Å². The number of hydrogen-bond donors (Lipinski definition) is 0. The van der Waals surface area contributed by atoms with Gasteiger partial charge in [0.25, 0.3) is 0 Å². The maximum Gasteiger partial charge on any atom is 0.122 e. The standard InChI is InChI=1S/C16H22BrNO/c1-18(10-12-8-14(17)9-12)11-13-6-7-19-16-5-3-2-4-15(13)16/h2-5,12-14H,6-11H2,1H3. The molecule has 1 aliphatic carbocycles. The summed E-state index contributed by atoms with van der Waals surface area (Å²) in [5, 5.41) is 0. The molecular weight excluding hydrogens is 302 g/mol. The molecule has 104 valence electrons. The van der Waals surface area contributed by atoms with Gasteiger partial charge < -0.3 is 9.64 Å². The Labute approximate surface area is 124 Å². The molecule has 1 fully saturated rings. The molecule has 0 radical (unpaired) electrons. The fourth-order valence-corrected chi connectivity index (χ4v) is 4.36. The molecule has 1 aliphatic heterocycles. The third kappa shape index (κ3) is 3.14. The SMILES string of the molecule is CN(CC1CC(Br)C1)CC1CCOc2ccccc21. The van der Waals surface area contributed by atoms with E-state index in [4.69, 9.17) is 4.74 Å². The minimum absolute atomic E-state index is 0.634. The maximum absolute atomic E-state index is 5.74. The van der Waals surface area contributed by atoms with Gasteiger partial charge in [0.15, 0.2) is 0 Å². The lowest BCUT2D eigenvalue weighted by molar-refractivity contribution is 0.186. The highest BCUT2D eigenvalue weighted by Gasteiger charge is 2.29. The third-order valence-electron chi connectivity index (χ3n) is 4.36. The van der Waals surface area contributed by atoms with Crippen LogP contribution < -0.4 is 4.74 Å². The predicted molar refractivity (Wildman–Crippen MR) is 82.2 cm³/mol. The van der Waals surface area contributed by atoms with Gasteiger partial charge in [-0.1, -0.05) is 34.1 Å². The van der Waals surface area contributed by atoms with Crippen molar-refractivity contribution in [2.24, 2.45) is 5.92 Å². The van der Waals surface area contributed by atoms with Gasteiger partial charge >= 0.3 is 0 Å². The Kier molecular flexibility index (Phi) is 4.13. The number of ether oxygens (including phenoxy) is 1. The van der Waals surface area contributed by atoms with Gasteiger partial charge in [-0.05, 0) is 43.9 Å². The summed E-state index contributed by atoms with van der Waals surface area (Å²) >= 11 is 3.68. The first-order valence-electron chi connectivity index (χ1n) is 7.26. The third-order valence-corrected chi connectivity index (χ3v) is 5.11. The van der Waals surface area contributed by atoms with Gasteiger partial charge in [-0.3, -0.25) is 0 Å². The first-order valence-corrected chi connectivity index (χ1v) is 8.18. The van der Waals surface area contributed by atoms with Crippen molar-refractivity contribution < 1.29 is 4.74 Å². The van der Waals surface area contributed by atoms with E-state index in [9.17, 15) is 0 Å². The van der Waals surface area contributed by atoms with E-state index in [1.807, 2.05) is 0 Å². The monoisotopic (exact) mass is 323 g/mol. The average molecular weight is 324 g/mol. The van der Waals surface area contributed by atoms with Crippen LogP contribution in [0, 0.1) is 5.92 Å². The van der Waals surface area contributed by atoms with Crippen LogP contribution in [0.15, 0.2) is 24.3 Å². The van der Waals surface area contributed by atoms with E-state index >= 15 is 0 Å². The van der Waals surface area contributed by atoms with E-state index < -0.39 is 0 Å². The van der Waals surface area contributed by atoms with Crippen molar-refractivity contribution in [1.82, 2.24) is 4.90 Å². The molecule has 0 N–H and O–H groups in total. The van der Waals surface area contributed by atoms with Crippen LogP contribution in [0.2, 0.25) is 0 Å². The van der Waals surface area contributed by atoms with Crippen LogP contribution in [0.4, 0.5) is 0 Å². The quantitative estimate of drug-likeness (QED) is 0.784. The zero-order valence-corrected chi connectivity index (χ0v) is 13.1. The topological polar surface area (TPSA) is 12.5 Å². The fourth-order valence-electron chi connectivity index (χ4n) is 3.30. The molecule has 0 bridgehead atoms. The van der Waals surface area contributed by atoms with Gasteiger partial charge in [-0.25, -0.2) is 0 Å². The molecule has 1 unspecified atom stereocenters. The van der Waals surface area contributed by atoms with Gasteiger partial charge in [0, 0.05) is 23.8 Å². The molecule has 3 rings (SSSR count).